The maximum Gasteiger partial charge on any atom is 0.268 e. The molecule has 0 N–H and O–H groups in total. The lowest BCUT2D eigenvalue weighted by molar-refractivity contribution is 0.505. The fraction of sp³-hybridized carbons (Fsp3) is 1.00. The van der Waals surface area contributed by atoms with Crippen molar-refractivity contribution < 1.29 is 8.42 Å². The summed E-state index contributed by atoms with van der Waals surface area (Å²) in [5.74, 6) is 0. The molecule has 0 aliphatic carbocycles. The average Bonchev–Trinajstić information content (AvgIpc) is 1.19. The summed E-state index contributed by atoms with van der Waals surface area (Å²) in [6, 6.07) is 0. The van der Waals surface area contributed by atoms with E-state index in [1.807, 2.05) is 26.0 Å². The van der Waals surface area contributed by atoms with Crippen LogP contribution in [0.1, 0.15) is 0 Å². The van der Waals surface area contributed by atoms with Crippen molar-refractivity contribution >= 4 is 36.3 Å². The van der Waals surface area contributed by atoms with Gasteiger partial charge in [0.1, 0.15) is 0 Å². The van der Waals surface area contributed by atoms with Crippen LogP contribution in [0.25, 0.3) is 0 Å². The summed E-state index contributed by atoms with van der Waals surface area (Å²) in [5, 5.41) is 0. The van der Waals surface area contributed by atoms with Gasteiger partial charge in [-0.3, -0.25) is 0 Å². The van der Waals surface area contributed by atoms with Gasteiger partial charge < -0.3 is 4.90 Å². The third-order valence-electron chi connectivity index (χ3n) is 0. The second-order valence-corrected chi connectivity index (χ2v) is 10.2. The number of halogens is 2. The predicted molar refractivity (Wildman–Crippen MR) is 46.4 cm³/mol. The van der Waals surface area contributed by atoms with Crippen molar-refractivity contribution in [2.24, 2.45) is 0 Å². The van der Waals surface area contributed by atoms with Gasteiger partial charge in [0, 0.05) is 0 Å². The Morgan fingerprint density at radius 2 is 1.11 bits per heavy atom. The normalized spacial score (nSPS) is 10.4. The van der Waals surface area contributed by atoms with E-state index in [0.717, 1.165) is 0 Å². The van der Waals surface area contributed by atoms with E-state index in [2.05, 4.69) is 29.6 Å². The monoisotopic (exact) mass is 281 g/mol. The van der Waals surface area contributed by atoms with Crippen LogP contribution in [0.4, 0.5) is 0 Å². The SMILES string of the molecule is CN(C)C.O=S(=O)(Br)Br. The Hall–Kier alpha value is 0.870. The minimum Gasteiger partial charge on any atom is -0.312 e. The van der Waals surface area contributed by atoms with Crippen LogP contribution in [0, 0.1) is 0 Å². The third-order valence-corrected chi connectivity index (χ3v) is 0. The van der Waals surface area contributed by atoms with E-state index in [0.29, 0.717) is 0 Å². The highest BCUT2D eigenvalue weighted by molar-refractivity contribution is 9.79. The van der Waals surface area contributed by atoms with Gasteiger partial charge in [0.25, 0.3) is 6.70 Å². The molecule has 0 saturated carbocycles. The molecule has 0 aromatic carbocycles. The molecule has 0 spiro atoms. The van der Waals surface area contributed by atoms with Gasteiger partial charge in [0.2, 0.25) is 0 Å². The molecule has 0 aliphatic heterocycles. The minimum absolute atomic E-state index is 2.00. The Kier molecular flexibility index (Phi) is 7.86. The number of hydrogen-bond acceptors (Lipinski definition) is 3. The molecule has 0 fully saturated rings. The van der Waals surface area contributed by atoms with Crippen molar-refractivity contribution in [3.63, 3.8) is 0 Å². The molecule has 0 unspecified atom stereocenters. The highest BCUT2D eigenvalue weighted by Gasteiger charge is 1.87. The first-order valence-electron chi connectivity index (χ1n) is 1.98. The molecular formula is C3H9Br2NO2S. The molecule has 0 atom stereocenters. The highest BCUT2D eigenvalue weighted by Crippen LogP contribution is 2.06. The van der Waals surface area contributed by atoms with Crippen molar-refractivity contribution in [1.29, 1.82) is 0 Å². The summed E-state index contributed by atoms with van der Waals surface area (Å²) in [6.07, 6.45) is 0. The first kappa shape index (κ1) is 12.5. The lowest BCUT2D eigenvalue weighted by Gasteiger charge is -1.90. The second-order valence-electron chi connectivity index (χ2n) is 1.72. The second kappa shape index (κ2) is 5.64. The van der Waals surface area contributed by atoms with Gasteiger partial charge in [-0.15, -0.1) is 0 Å². The van der Waals surface area contributed by atoms with Crippen LogP contribution in [0.2, 0.25) is 0 Å². The Balaban J connectivity index is 0. The Bertz CT molecular complexity index is 131. The van der Waals surface area contributed by atoms with Gasteiger partial charge in [0.05, 0.1) is 29.6 Å². The predicted octanol–water partition coefficient (Wildman–Crippen LogP) is 1.20. The molecule has 0 heterocycles. The Morgan fingerprint density at radius 3 is 1.11 bits per heavy atom. The zero-order valence-electron chi connectivity index (χ0n) is 5.43. The van der Waals surface area contributed by atoms with Crippen LogP contribution in [-0.4, -0.2) is 34.5 Å². The maximum absolute atomic E-state index is 9.47. The lowest BCUT2D eigenvalue weighted by Crippen LogP contribution is -1.99. The molecule has 0 rings (SSSR count). The topological polar surface area (TPSA) is 37.4 Å². The van der Waals surface area contributed by atoms with Crippen molar-refractivity contribution in [2.75, 3.05) is 21.1 Å². The average molecular weight is 283 g/mol. The van der Waals surface area contributed by atoms with Crippen LogP contribution in [0.15, 0.2) is 0 Å². The van der Waals surface area contributed by atoms with Gasteiger partial charge >= 0.3 is 0 Å². The molecule has 0 saturated heterocycles. The fourth-order valence-corrected chi connectivity index (χ4v) is 0. The smallest absolute Gasteiger partial charge is 0.268 e. The minimum atomic E-state index is -3.04. The number of rotatable bonds is 0. The van der Waals surface area contributed by atoms with Gasteiger partial charge in [-0.25, -0.2) is 8.42 Å². The highest BCUT2D eigenvalue weighted by atomic mass is 79.9. The molecule has 0 amide bonds. The molecule has 6 heteroatoms. The van der Waals surface area contributed by atoms with E-state index >= 15 is 0 Å². The molecule has 0 aromatic rings. The van der Waals surface area contributed by atoms with E-state index in [-0.39, 0.29) is 0 Å². The van der Waals surface area contributed by atoms with Gasteiger partial charge in [0.15, 0.2) is 0 Å². The molecule has 0 radical (unpaired) electrons. The molecule has 0 aromatic heterocycles. The molecule has 0 bridgehead atoms. The summed E-state index contributed by atoms with van der Waals surface area (Å²) >= 11 is 4.53. The quantitative estimate of drug-likeness (QED) is 0.627. The molecule has 9 heavy (non-hydrogen) atoms. The zero-order chi connectivity index (χ0) is 8.08. The number of nitrogens with zero attached hydrogens (tertiary/aromatic N) is 1. The van der Waals surface area contributed by atoms with Gasteiger partial charge in [-0.05, 0) is 21.1 Å². The van der Waals surface area contributed by atoms with E-state index in [1.165, 1.54) is 0 Å². The summed E-state index contributed by atoms with van der Waals surface area (Å²) in [5.41, 5.74) is 0. The van der Waals surface area contributed by atoms with Gasteiger partial charge in [-0.1, -0.05) is 0 Å². The standard InChI is InChI=1S/C3H9N.Br2O2S/c1-4(2)3;1-5(2,3)4/h1-3H3;. The van der Waals surface area contributed by atoms with Crippen LogP contribution in [0.5, 0.6) is 0 Å². The van der Waals surface area contributed by atoms with Crippen LogP contribution >= 0.6 is 29.6 Å². The van der Waals surface area contributed by atoms with Crippen LogP contribution in [-0.2, 0) is 6.70 Å². The van der Waals surface area contributed by atoms with Crippen molar-refractivity contribution in [2.45, 2.75) is 0 Å². The molecule has 0 aliphatic rings. The largest absolute Gasteiger partial charge is 0.312 e. The first-order valence-corrected chi connectivity index (χ1v) is 7.15. The van der Waals surface area contributed by atoms with Crippen LogP contribution in [0.3, 0.4) is 0 Å². The van der Waals surface area contributed by atoms with E-state index < -0.39 is 6.70 Å². The third kappa shape index (κ3) is 553. The lowest BCUT2D eigenvalue weighted by atomic mass is 11.0. The zero-order valence-corrected chi connectivity index (χ0v) is 9.42. The summed E-state index contributed by atoms with van der Waals surface area (Å²) in [4.78, 5) is 2.00. The Morgan fingerprint density at radius 1 is 1.11 bits per heavy atom. The Labute approximate surface area is 70.7 Å². The van der Waals surface area contributed by atoms with E-state index in [4.69, 9.17) is 0 Å². The van der Waals surface area contributed by atoms with Crippen molar-refractivity contribution in [1.82, 2.24) is 4.90 Å². The first-order chi connectivity index (χ1) is 3.73. The van der Waals surface area contributed by atoms with Gasteiger partial charge in [-0.2, -0.15) is 0 Å². The van der Waals surface area contributed by atoms with E-state index in [9.17, 15) is 8.42 Å². The van der Waals surface area contributed by atoms with Crippen molar-refractivity contribution in [3.05, 3.63) is 0 Å². The summed E-state index contributed by atoms with van der Waals surface area (Å²) in [6.45, 7) is -3.04. The summed E-state index contributed by atoms with van der Waals surface area (Å²) < 4.78 is 18.9. The summed E-state index contributed by atoms with van der Waals surface area (Å²) in [7, 11) is 6.00. The maximum atomic E-state index is 9.47. The number of hydrogen-bond donors (Lipinski definition) is 0. The fourth-order valence-electron chi connectivity index (χ4n) is 0. The molecular weight excluding hydrogens is 274 g/mol. The molecule has 58 valence electrons. The van der Waals surface area contributed by atoms with Crippen LogP contribution < -0.4 is 0 Å². The molecule has 3 nitrogen and oxygen atoms in total. The van der Waals surface area contributed by atoms with E-state index in [1.54, 1.807) is 0 Å². The van der Waals surface area contributed by atoms with Crippen molar-refractivity contribution in [3.8, 4) is 0 Å².